The molecule has 4 heterocycles. The van der Waals surface area contributed by atoms with Crippen molar-refractivity contribution < 1.29 is 14.3 Å². The summed E-state index contributed by atoms with van der Waals surface area (Å²) >= 11 is 0. The Kier molecular flexibility index (Phi) is 10.2. The summed E-state index contributed by atoms with van der Waals surface area (Å²) in [5.74, 6) is 2.02. The van der Waals surface area contributed by atoms with Crippen molar-refractivity contribution in [1.82, 2.24) is 34.9 Å². The molecule has 1 saturated heterocycles. The van der Waals surface area contributed by atoms with E-state index in [0.717, 1.165) is 52.8 Å². The van der Waals surface area contributed by atoms with E-state index in [2.05, 4.69) is 61.9 Å². The number of aryl methyl sites for hydroxylation is 1. The van der Waals surface area contributed by atoms with Crippen molar-refractivity contribution in [2.24, 2.45) is 0 Å². The molecule has 13 heteroatoms. The van der Waals surface area contributed by atoms with Gasteiger partial charge in [0.05, 0.1) is 29.5 Å². The van der Waals surface area contributed by atoms with E-state index in [-0.39, 0.29) is 35.7 Å². The molecule has 6 aromatic rings. The van der Waals surface area contributed by atoms with Crippen LogP contribution in [0.25, 0.3) is 16.5 Å². The van der Waals surface area contributed by atoms with Crippen molar-refractivity contribution in [3.63, 3.8) is 0 Å². The zero-order chi connectivity index (χ0) is 37.8. The van der Waals surface area contributed by atoms with Crippen LogP contribution in [0.4, 0.5) is 27.9 Å². The van der Waals surface area contributed by atoms with Gasteiger partial charge in [-0.1, -0.05) is 62.7 Å². The van der Waals surface area contributed by atoms with Crippen molar-refractivity contribution in [2.75, 3.05) is 36.1 Å². The average Bonchev–Trinajstić information content (AvgIpc) is 3.77. The lowest BCUT2D eigenvalue weighted by molar-refractivity contribution is 0.0933. The maximum Gasteiger partial charge on any atom is 0.324 e. The lowest BCUT2D eigenvalue weighted by Crippen LogP contribution is -2.36. The van der Waals surface area contributed by atoms with E-state index in [9.17, 15) is 9.59 Å². The molecular formula is C41H44N10O3. The molecule has 276 valence electrons. The Bertz CT molecular complexity index is 2280. The summed E-state index contributed by atoms with van der Waals surface area (Å²) in [6.07, 6.45) is 5.58. The fourth-order valence-corrected chi connectivity index (χ4v) is 6.24. The number of amides is 3. The summed E-state index contributed by atoms with van der Waals surface area (Å²) in [7, 11) is 2.04. The lowest BCUT2D eigenvalue weighted by Gasteiger charge is -2.15. The number of hydrogen-bond acceptors (Lipinski definition) is 9. The van der Waals surface area contributed by atoms with Crippen LogP contribution in [0.2, 0.25) is 0 Å². The average molecular weight is 725 g/mol. The van der Waals surface area contributed by atoms with Crippen LogP contribution in [0.1, 0.15) is 54.5 Å². The Morgan fingerprint density at radius 1 is 0.889 bits per heavy atom. The van der Waals surface area contributed by atoms with Crippen molar-refractivity contribution >= 4 is 45.9 Å². The van der Waals surface area contributed by atoms with Crippen LogP contribution >= 0.6 is 0 Å². The van der Waals surface area contributed by atoms with E-state index in [1.807, 2.05) is 92.8 Å². The third kappa shape index (κ3) is 8.48. The van der Waals surface area contributed by atoms with Crippen LogP contribution in [0, 0.1) is 6.92 Å². The van der Waals surface area contributed by atoms with Crippen molar-refractivity contribution in [3.8, 4) is 11.4 Å². The molecule has 0 bridgehead atoms. The molecule has 0 aliphatic carbocycles. The molecule has 1 fully saturated rings. The predicted molar refractivity (Wildman–Crippen MR) is 211 cm³/mol. The Hall–Kier alpha value is -6.34. The third-order valence-electron chi connectivity index (χ3n) is 9.22. The molecule has 1 unspecified atom stereocenters. The first-order valence-corrected chi connectivity index (χ1v) is 17.9. The van der Waals surface area contributed by atoms with Gasteiger partial charge >= 0.3 is 6.03 Å². The Labute approximate surface area is 314 Å². The minimum atomic E-state index is -0.390. The zero-order valence-electron chi connectivity index (χ0n) is 31.1. The topological polar surface area (TPSA) is 151 Å². The molecule has 1 aliphatic heterocycles. The number of carbonyl (C=O) groups is 2. The van der Waals surface area contributed by atoms with Crippen LogP contribution in [-0.2, 0) is 12.0 Å². The van der Waals surface area contributed by atoms with E-state index < -0.39 is 0 Å². The maximum absolute atomic E-state index is 13.5. The minimum Gasteiger partial charge on any atom is -0.488 e. The van der Waals surface area contributed by atoms with Crippen LogP contribution in [0.3, 0.4) is 0 Å². The molecule has 3 amide bonds. The summed E-state index contributed by atoms with van der Waals surface area (Å²) in [6, 6.07) is 24.9. The molecular weight excluding hydrogens is 681 g/mol. The van der Waals surface area contributed by atoms with Gasteiger partial charge in [-0.3, -0.25) is 10.1 Å². The van der Waals surface area contributed by atoms with Gasteiger partial charge in [-0.25, -0.2) is 24.4 Å². The SMILES string of the molecule is Cc1ccc(-n2nc(C(C)(C)C)cc2NC(=O)Nc2ccc(OCc3ccnc(Nc4cnc(C(=O)NC5CCN(C)C5)cn4)c3)c3ccccc23)cc1. The maximum atomic E-state index is 13.5. The molecule has 4 N–H and O–H groups in total. The van der Waals surface area contributed by atoms with Crippen molar-refractivity contribution in [2.45, 2.75) is 52.2 Å². The molecule has 54 heavy (non-hydrogen) atoms. The normalized spacial score (nSPS) is 14.5. The number of aromatic nitrogens is 5. The van der Waals surface area contributed by atoms with Crippen LogP contribution in [0.15, 0.2) is 97.5 Å². The second-order valence-corrected chi connectivity index (χ2v) is 14.6. The lowest BCUT2D eigenvalue weighted by atomic mass is 9.92. The van der Waals surface area contributed by atoms with Gasteiger partial charge < -0.3 is 25.6 Å². The Morgan fingerprint density at radius 2 is 1.69 bits per heavy atom. The van der Waals surface area contributed by atoms with E-state index in [0.29, 0.717) is 28.9 Å². The number of carbonyl (C=O) groups excluding carboxylic acids is 2. The number of likely N-dealkylation sites (N-methyl/N-ethyl adjacent to an activating group) is 1. The fourth-order valence-electron chi connectivity index (χ4n) is 6.24. The number of nitrogens with one attached hydrogen (secondary N) is 4. The second kappa shape index (κ2) is 15.3. The summed E-state index contributed by atoms with van der Waals surface area (Å²) in [5.41, 5.74) is 4.42. The first-order valence-electron chi connectivity index (χ1n) is 17.9. The van der Waals surface area contributed by atoms with Gasteiger partial charge in [-0.15, -0.1) is 0 Å². The molecule has 1 aliphatic rings. The molecule has 3 aromatic heterocycles. The number of rotatable bonds is 10. The monoisotopic (exact) mass is 724 g/mol. The first kappa shape index (κ1) is 36.0. The van der Waals surface area contributed by atoms with Crippen LogP contribution in [0.5, 0.6) is 5.75 Å². The van der Waals surface area contributed by atoms with Crippen molar-refractivity contribution in [1.29, 1.82) is 0 Å². The number of fused-ring (bicyclic) bond motifs is 1. The summed E-state index contributed by atoms with van der Waals surface area (Å²) in [5, 5.41) is 18.7. The highest BCUT2D eigenvalue weighted by atomic mass is 16.5. The number of ether oxygens (including phenoxy) is 1. The number of hydrogen-bond donors (Lipinski definition) is 4. The highest BCUT2D eigenvalue weighted by molar-refractivity contribution is 6.07. The van der Waals surface area contributed by atoms with Crippen LogP contribution < -0.4 is 26.0 Å². The van der Waals surface area contributed by atoms with Crippen molar-refractivity contribution in [3.05, 3.63) is 120 Å². The summed E-state index contributed by atoms with van der Waals surface area (Å²) < 4.78 is 8.07. The summed E-state index contributed by atoms with van der Waals surface area (Å²) in [4.78, 5) is 41.3. The third-order valence-corrected chi connectivity index (χ3v) is 9.22. The molecule has 0 saturated carbocycles. The fraction of sp³-hybridized carbons (Fsp3) is 0.268. The van der Waals surface area contributed by atoms with Gasteiger partial charge in [0.1, 0.15) is 35.5 Å². The highest BCUT2D eigenvalue weighted by Gasteiger charge is 2.23. The van der Waals surface area contributed by atoms with E-state index in [4.69, 9.17) is 9.84 Å². The Morgan fingerprint density at radius 3 is 2.41 bits per heavy atom. The standard InChI is InChI=1S/C41H44N10O3/c1-26-10-12-29(13-11-26)51-38(21-35(49-51)41(2,3)4)48-40(53)46-32-14-15-34(31-9-7-6-8-30(31)32)54-25-27-16-18-42-36(20-27)47-37-23-43-33(22-44-37)39(52)45-28-17-19-50(5)24-28/h6-16,18,20-23,28H,17,19,24-25H2,1-5H3,(H,45,52)(H,42,44,47)(H2,46,48,53). The number of anilines is 4. The molecule has 3 aromatic carbocycles. The zero-order valence-corrected chi connectivity index (χ0v) is 31.1. The second-order valence-electron chi connectivity index (χ2n) is 14.6. The number of likely N-dealkylation sites (tertiary alicyclic amines) is 1. The molecule has 7 rings (SSSR count). The largest absolute Gasteiger partial charge is 0.488 e. The molecule has 1 atom stereocenters. The van der Waals surface area contributed by atoms with Gasteiger partial charge in [-0.2, -0.15) is 5.10 Å². The number of nitrogens with zero attached hydrogens (tertiary/aromatic N) is 6. The quantitative estimate of drug-likeness (QED) is 0.115. The van der Waals surface area contributed by atoms with E-state index in [1.54, 1.807) is 10.9 Å². The minimum absolute atomic E-state index is 0.116. The molecule has 0 spiro atoms. The Balaban J connectivity index is 1.00. The highest BCUT2D eigenvalue weighted by Crippen LogP contribution is 2.33. The predicted octanol–water partition coefficient (Wildman–Crippen LogP) is 7.22. The summed E-state index contributed by atoms with van der Waals surface area (Å²) in [6.45, 7) is 10.4. The van der Waals surface area contributed by atoms with Gasteiger partial charge in [0.25, 0.3) is 5.91 Å². The first-order chi connectivity index (χ1) is 26.0. The van der Waals surface area contributed by atoms with Gasteiger partial charge in [0.2, 0.25) is 0 Å². The molecule has 13 nitrogen and oxygen atoms in total. The number of urea groups is 1. The van der Waals surface area contributed by atoms with Gasteiger partial charge in [0.15, 0.2) is 0 Å². The molecule has 0 radical (unpaired) electrons. The van der Waals surface area contributed by atoms with Gasteiger partial charge in [0, 0.05) is 41.0 Å². The smallest absolute Gasteiger partial charge is 0.324 e. The van der Waals surface area contributed by atoms with E-state index in [1.165, 1.54) is 12.4 Å². The van der Waals surface area contributed by atoms with Gasteiger partial charge in [-0.05, 0) is 68.9 Å². The van der Waals surface area contributed by atoms with Crippen LogP contribution in [-0.4, -0.2) is 67.7 Å². The number of benzene rings is 3. The number of pyridine rings is 1. The van der Waals surface area contributed by atoms with E-state index >= 15 is 0 Å².